The van der Waals surface area contributed by atoms with Crippen LogP contribution in [0.5, 0.6) is 0 Å². The van der Waals surface area contributed by atoms with Crippen molar-refractivity contribution < 1.29 is 9.53 Å². The Morgan fingerprint density at radius 2 is 2.22 bits per heavy atom. The van der Waals surface area contributed by atoms with Crippen LogP contribution in [0, 0.1) is 5.92 Å². The van der Waals surface area contributed by atoms with Gasteiger partial charge in [-0.15, -0.1) is 0 Å². The van der Waals surface area contributed by atoms with Gasteiger partial charge in [0.1, 0.15) is 17.3 Å². The molecular weight excluding hydrogens is 254 g/mol. The number of ether oxygens (including phenoxy) is 1. The summed E-state index contributed by atoms with van der Waals surface area (Å²) in [7, 11) is 1.92. The van der Waals surface area contributed by atoms with Gasteiger partial charge in [0.2, 0.25) is 0 Å². The molecule has 98 valence electrons. The number of aldehydes is 1. The molecule has 1 aromatic rings. The monoisotopic (exact) mass is 269 g/mol. The van der Waals surface area contributed by atoms with Gasteiger partial charge < -0.3 is 9.64 Å². The summed E-state index contributed by atoms with van der Waals surface area (Å²) in [5.41, 5.74) is 0.355. The predicted molar refractivity (Wildman–Crippen MR) is 69.2 cm³/mol. The van der Waals surface area contributed by atoms with Gasteiger partial charge in [-0.3, -0.25) is 4.79 Å². The first-order valence-electron chi connectivity index (χ1n) is 5.97. The fraction of sp³-hybridized carbons (Fsp3) is 0.583. The summed E-state index contributed by atoms with van der Waals surface area (Å²) in [5.74, 6) is 1.16. The minimum atomic E-state index is 0.203. The fourth-order valence-corrected chi connectivity index (χ4v) is 2.35. The number of aromatic nitrogens is 2. The van der Waals surface area contributed by atoms with E-state index in [1.54, 1.807) is 0 Å². The lowest BCUT2D eigenvalue weighted by Gasteiger charge is -2.28. The summed E-state index contributed by atoms with van der Waals surface area (Å²) in [5, 5.41) is 0.203. The Bertz CT molecular complexity index is 422. The van der Waals surface area contributed by atoms with Crippen molar-refractivity contribution in [2.24, 2.45) is 5.92 Å². The number of rotatable bonds is 4. The average molecular weight is 270 g/mol. The van der Waals surface area contributed by atoms with E-state index in [-0.39, 0.29) is 5.15 Å². The van der Waals surface area contributed by atoms with Crippen LogP contribution in [0.15, 0.2) is 6.33 Å². The summed E-state index contributed by atoms with van der Waals surface area (Å²) in [6.45, 7) is 2.46. The maximum absolute atomic E-state index is 11.0. The van der Waals surface area contributed by atoms with Crippen molar-refractivity contribution in [1.82, 2.24) is 9.97 Å². The third-order valence-electron chi connectivity index (χ3n) is 3.17. The third-order valence-corrected chi connectivity index (χ3v) is 3.47. The molecule has 5 nitrogen and oxygen atoms in total. The Labute approximate surface area is 111 Å². The van der Waals surface area contributed by atoms with Gasteiger partial charge in [-0.1, -0.05) is 11.6 Å². The molecule has 0 bridgehead atoms. The number of nitrogens with zero attached hydrogens (tertiary/aromatic N) is 3. The molecule has 0 amide bonds. The molecule has 1 fully saturated rings. The van der Waals surface area contributed by atoms with E-state index < -0.39 is 0 Å². The molecule has 1 saturated heterocycles. The molecule has 1 aliphatic rings. The van der Waals surface area contributed by atoms with Crippen LogP contribution in [0.1, 0.15) is 23.2 Å². The van der Waals surface area contributed by atoms with Crippen LogP contribution in [0.2, 0.25) is 5.15 Å². The number of hydrogen-bond donors (Lipinski definition) is 0. The van der Waals surface area contributed by atoms with Gasteiger partial charge in [0.25, 0.3) is 0 Å². The first-order valence-corrected chi connectivity index (χ1v) is 6.34. The number of anilines is 1. The highest BCUT2D eigenvalue weighted by molar-refractivity contribution is 6.32. The van der Waals surface area contributed by atoms with Gasteiger partial charge in [0.05, 0.1) is 5.56 Å². The van der Waals surface area contributed by atoms with Crippen molar-refractivity contribution in [2.75, 3.05) is 31.7 Å². The lowest BCUT2D eigenvalue weighted by molar-refractivity contribution is 0.0684. The van der Waals surface area contributed by atoms with Crippen molar-refractivity contribution in [2.45, 2.75) is 12.8 Å². The Hall–Kier alpha value is -1.20. The second kappa shape index (κ2) is 6.11. The third kappa shape index (κ3) is 2.97. The van der Waals surface area contributed by atoms with Crippen molar-refractivity contribution in [3.8, 4) is 0 Å². The van der Waals surface area contributed by atoms with Crippen molar-refractivity contribution in [1.29, 1.82) is 0 Å². The number of halogens is 1. The van der Waals surface area contributed by atoms with Crippen LogP contribution >= 0.6 is 11.6 Å². The largest absolute Gasteiger partial charge is 0.381 e. The van der Waals surface area contributed by atoms with Crippen LogP contribution in [0.25, 0.3) is 0 Å². The van der Waals surface area contributed by atoms with Gasteiger partial charge in [-0.25, -0.2) is 9.97 Å². The van der Waals surface area contributed by atoms with Gasteiger partial charge >= 0.3 is 0 Å². The molecule has 2 heterocycles. The quantitative estimate of drug-likeness (QED) is 0.616. The minimum Gasteiger partial charge on any atom is -0.381 e. The Balaban J connectivity index is 2.10. The second-order valence-corrected chi connectivity index (χ2v) is 4.81. The summed E-state index contributed by atoms with van der Waals surface area (Å²) in [6.07, 6.45) is 4.17. The number of carbonyl (C=O) groups excluding carboxylic acids is 1. The van der Waals surface area contributed by atoms with Gasteiger partial charge in [0, 0.05) is 26.8 Å². The van der Waals surface area contributed by atoms with E-state index in [2.05, 4.69) is 9.97 Å². The highest BCUT2D eigenvalue weighted by atomic mass is 35.5. The Morgan fingerprint density at radius 1 is 1.50 bits per heavy atom. The second-order valence-electron chi connectivity index (χ2n) is 4.46. The van der Waals surface area contributed by atoms with E-state index in [1.165, 1.54) is 6.33 Å². The molecule has 0 aromatic carbocycles. The average Bonchev–Trinajstić information content (AvgIpc) is 2.39. The molecule has 18 heavy (non-hydrogen) atoms. The smallest absolute Gasteiger partial charge is 0.156 e. The summed E-state index contributed by atoms with van der Waals surface area (Å²) in [4.78, 5) is 21.0. The SMILES string of the molecule is CN(CC1CCOCC1)c1ncnc(Cl)c1C=O. The molecule has 1 aromatic heterocycles. The summed E-state index contributed by atoms with van der Waals surface area (Å²) < 4.78 is 5.33. The van der Waals surface area contributed by atoms with E-state index in [4.69, 9.17) is 16.3 Å². The van der Waals surface area contributed by atoms with Crippen LogP contribution in [-0.2, 0) is 4.74 Å². The Morgan fingerprint density at radius 3 is 2.89 bits per heavy atom. The lowest BCUT2D eigenvalue weighted by atomic mass is 10.00. The van der Waals surface area contributed by atoms with Gasteiger partial charge in [0.15, 0.2) is 6.29 Å². The van der Waals surface area contributed by atoms with E-state index in [9.17, 15) is 4.79 Å². The Kier molecular flexibility index (Phi) is 4.49. The van der Waals surface area contributed by atoms with Crippen LogP contribution in [0.4, 0.5) is 5.82 Å². The van der Waals surface area contributed by atoms with E-state index in [1.807, 2.05) is 11.9 Å². The van der Waals surface area contributed by atoms with Crippen LogP contribution in [0.3, 0.4) is 0 Å². The highest BCUT2D eigenvalue weighted by Crippen LogP contribution is 2.23. The number of hydrogen-bond acceptors (Lipinski definition) is 5. The normalized spacial score (nSPS) is 16.6. The van der Waals surface area contributed by atoms with Gasteiger partial charge in [-0.05, 0) is 18.8 Å². The van der Waals surface area contributed by atoms with Crippen LogP contribution < -0.4 is 4.90 Å². The summed E-state index contributed by atoms with van der Waals surface area (Å²) in [6, 6.07) is 0. The van der Waals surface area contributed by atoms with E-state index in [0.29, 0.717) is 23.6 Å². The fourth-order valence-electron chi connectivity index (χ4n) is 2.17. The minimum absolute atomic E-state index is 0.203. The zero-order valence-electron chi connectivity index (χ0n) is 10.3. The van der Waals surface area contributed by atoms with Crippen molar-refractivity contribution in [3.63, 3.8) is 0 Å². The van der Waals surface area contributed by atoms with Crippen molar-refractivity contribution >= 4 is 23.7 Å². The van der Waals surface area contributed by atoms with Crippen molar-refractivity contribution in [3.05, 3.63) is 17.0 Å². The molecule has 0 atom stereocenters. The standard InChI is InChI=1S/C12H16ClN3O2/c1-16(6-9-2-4-18-5-3-9)12-10(7-17)11(13)14-8-15-12/h7-9H,2-6H2,1H3. The first kappa shape index (κ1) is 13.2. The topological polar surface area (TPSA) is 55.3 Å². The van der Waals surface area contributed by atoms with Gasteiger partial charge in [-0.2, -0.15) is 0 Å². The molecule has 0 unspecified atom stereocenters. The molecule has 0 radical (unpaired) electrons. The summed E-state index contributed by atoms with van der Waals surface area (Å²) >= 11 is 5.89. The molecule has 0 aliphatic carbocycles. The van der Waals surface area contributed by atoms with E-state index >= 15 is 0 Å². The molecule has 0 N–H and O–H groups in total. The van der Waals surface area contributed by atoms with E-state index in [0.717, 1.165) is 32.6 Å². The zero-order valence-corrected chi connectivity index (χ0v) is 11.1. The molecule has 0 saturated carbocycles. The maximum Gasteiger partial charge on any atom is 0.156 e. The zero-order chi connectivity index (χ0) is 13.0. The van der Waals surface area contributed by atoms with Crippen LogP contribution in [-0.4, -0.2) is 43.1 Å². The predicted octanol–water partition coefficient (Wildman–Crippen LogP) is 1.81. The maximum atomic E-state index is 11.0. The highest BCUT2D eigenvalue weighted by Gasteiger charge is 2.19. The molecular formula is C12H16ClN3O2. The first-order chi connectivity index (χ1) is 8.72. The number of carbonyl (C=O) groups is 1. The lowest BCUT2D eigenvalue weighted by Crippen LogP contribution is -2.30. The molecule has 1 aliphatic heterocycles. The molecule has 2 rings (SSSR count). The molecule has 6 heteroatoms. The molecule has 0 spiro atoms.